The van der Waals surface area contributed by atoms with Gasteiger partial charge in [-0.2, -0.15) is 21.6 Å². The zero-order valence-corrected chi connectivity index (χ0v) is 12.1. The normalized spacial score (nSPS) is 23.4. The Morgan fingerprint density at radius 3 is 2.32 bits per heavy atom. The summed E-state index contributed by atoms with van der Waals surface area (Å²) in [5.74, 6) is 0.0640. The number of nitrogens with zero attached hydrogens (tertiary/aromatic N) is 2. The van der Waals surface area contributed by atoms with Gasteiger partial charge in [-0.1, -0.05) is 6.08 Å². The average molecular weight is 335 g/mol. The molecule has 1 unspecified atom stereocenters. The minimum absolute atomic E-state index is 0.0640. The Hall–Kier alpha value is -1.94. The first kappa shape index (κ1) is 16.4. The smallest absolute Gasteiger partial charge is 0.401 e. The zero-order chi connectivity index (χ0) is 16.8. The molecule has 0 aromatic carbocycles. The molecule has 10 heteroatoms. The molecule has 1 aromatic rings. The first-order chi connectivity index (χ1) is 9.95. The molecule has 0 bridgehead atoms. The van der Waals surface area contributed by atoms with E-state index >= 15 is 0 Å². The first-order valence-electron chi connectivity index (χ1n) is 5.99. The average Bonchev–Trinajstić information content (AvgIpc) is 2.36. The summed E-state index contributed by atoms with van der Waals surface area (Å²) in [6, 6.07) is 1.49. The molecular weight excluding hydrogens is 323 g/mol. The van der Waals surface area contributed by atoms with Gasteiger partial charge in [0.25, 0.3) is 10.1 Å². The SMILES string of the molecule is CC1(c2ncccn2)C=C(C(F)(F)F)C(S(=O)(=O)O)=C(N)C1. The summed E-state index contributed by atoms with van der Waals surface area (Å²) in [6.45, 7) is 1.40. The fraction of sp³-hybridized carbons (Fsp3) is 0.333. The summed E-state index contributed by atoms with van der Waals surface area (Å²) in [5, 5.41) is 0. The van der Waals surface area contributed by atoms with E-state index in [-0.39, 0.29) is 12.2 Å². The highest BCUT2D eigenvalue weighted by molar-refractivity contribution is 7.90. The van der Waals surface area contributed by atoms with Gasteiger partial charge in [0.15, 0.2) is 0 Å². The van der Waals surface area contributed by atoms with E-state index in [1.807, 2.05) is 0 Å². The summed E-state index contributed by atoms with van der Waals surface area (Å²) in [4.78, 5) is 6.49. The van der Waals surface area contributed by atoms with E-state index in [9.17, 15) is 21.6 Å². The van der Waals surface area contributed by atoms with Crippen LogP contribution in [0, 0.1) is 0 Å². The number of aromatic nitrogens is 2. The second kappa shape index (κ2) is 5.06. The Labute approximate surface area is 124 Å². The van der Waals surface area contributed by atoms with Gasteiger partial charge >= 0.3 is 6.18 Å². The Balaban J connectivity index is 2.69. The van der Waals surface area contributed by atoms with E-state index in [2.05, 4.69) is 9.97 Å². The summed E-state index contributed by atoms with van der Waals surface area (Å²) in [5.41, 5.74) is 2.06. The molecule has 0 spiro atoms. The Bertz CT molecular complexity index is 757. The summed E-state index contributed by atoms with van der Waals surface area (Å²) < 4.78 is 71.1. The number of rotatable bonds is 2. The Kier molecular flexibility index (Phi) is 3.78. The Morgan fingerprint density at radius 1 is 1.32 bits per heavy atom. The summed E-state index contributed by atoms with van der Waals surface area (Å²) in [6.07, 6.45) is -1.89. The molecule has 0 fully saturated rings. The molecule has 0 amide bonds. The van der Waals surface area contributed by atoms with Gasteiger partial charge in [0.2, 0.25) is 0 Å². The fourth-order valence-corrected chi connectivity index (χ4v) is 3.19. The van der Waals surface area contributed by atoms with E-state index in [0.717, 1.165) is 0 Å². The zero-order valence-electron chi connectivity index (χ0n) is 11.3. The van der Waals surface area contributed by atoms with Gasteiger partial charge < -0.3 is 5.73 Å². The molecule has 22 heavy (non-hydrogen) atoms. The molecule has 1 aliphatic rings. The van der Waals surface area contributed by atoms with Crippen molar-refractivity contribution in [3.63, 3.8) is 0 Å². The van der Waals surface area contributed by atoms with Gasteiger partial charge in [-0.05, 0) is 13.0 Å². The predicted molar refractivity (Wildman–Crippen MR) is 70.9 cm³/mol. The van der Waals surface area contributed by atoms with Crippen LogP contribution in [-0.4, -0.2) is 29.1 Å². The van der Waals surface area contributed by atoms with Crippen LogP contribution >= 0.6 is 0 Å². The van der Waals surface area contributed by atoms with Crippen LogP contribution in [0.2, 0.25) is 0 Å². The molecule has 1 aliphatic carbocycles. The fourth-order valence-electron chi connectivity index (χ4n) is 2.34. The highest BCUT2D eigenvalue weighted by Crippen LogP contribution is 2.44. The maximum Gasteiger partial charge on any atom is 0.417 e. The Morgan fingerprint density at radius 2 is 1.86 bits per heavy atom. The third kappa shape index (κ3) is 2.97. The van der Waals surface area contributed by atoms with Gasteiger partial charge in [-0.15, -0.1) is 0 Å². The molecule has 0 aliphatic heterocycles. The van der Waals surface area contributed by atoms with Crippen molar-refractivity contribution >= 4 is 10.1 Å². The van der Waals surface area contributed by atoms with Crippen LogP contribution in [0.3, 0.4) is 0 Å². The van der Waals surface area contributed by atoms with E-state index in [4.69, 9.17) is 10.3 Å². The number of hydrogen-bond acceptors (Lipinski definition) is 5. The van der Waals surface area contributed by atoms with Crippen LogP contribution in [0.1, 0.15) is 19.2 Å². The third-order valence-electron chi connectivity index (χ3n) is 3.20. The lowest BCUT2D eigenvalue weighted by molar-refractivity contribution is -0.0898. The van der Waals surface area contributed by atoms with Gasteiger partial charge in [0, 0.05) is 24.5 Å². The largest absolute Gasteiger partial charge is 0.417 e. The third-order valence-corrected chi connectivity index (χ3v) is 4.19. The van der Waals surface area contributed by atoms with Crippen molar-refractivity contribution in [3.05, 3.63) is 46.5 Å². The quantitative estimate of drug-likeness (QED) is 0.797. The molecule has 1 aromatic heterocycles. The minimum atomic E-state index is -5.11. The molecule has 0 saturated heterocycles. The molecule has 1 heterocycles. The van der Waals surface area contributed by atoms with Crippen LogP contribution in [0.4, 0.5) is 13.2 Å². The highest BCUT2D eigenvalue weighted by Gasteiger charge is 2.47. The van der Waals surface area contributed by atoms with Crippen molar-refractivity contribution in [1.82, 2.24) is 9.97 Å². The van der Waals surface area contributed by atoms with Crippen molar-refractivity contribution in [1.29, 1.82) is 0 Å². The van der Waals surface area contributed by atoms with Gasteiger partial charge in [-0.25, -0.2) is 9.97 Å². The van der Waals surface area contributed by atoms with E-state index < -0.39 is 37.9 Å². The number of hydrogen-bond donors (Lipinski definition) is 2. The molecule has 6 nitrogen and oxygen atoms in total. The van der Waals surface area contributed by atoms with Crippen molar-refractivity contribution in [3.8, 4) is 0 Å². The predicted octanol–water partition coefficient (Wildman–Crippen LogP) is 1.68. The second-order valence-corrected chi connectivity index (χ2v) is 6.41. The molecule has 3 N–H and O–H groups in total. The van der Waals surface area contributed by atoms with Crippen LogP contribution < -0.4 is 5.73 Å². The van der Waals surface area contributed by atoms with Crippen LogP contribution in [0.25, 0.3) is 0 Å². The van der Waals surface area contributed by atoms with Crippen LogP contribution in [0.15, 0.2) is 40.7 Å². The van der Waals surface area contributed by atoms with Crippen LogP contribution in [-0.2, 0) is 15.5 Å². The monoisotopic (exact) mass is 335 g/mol. The van der Waals surface area contributed by atoms with Crippen molar-refractivity contribution in [2.75, 3.05) is 0 Å². The molecule has 0 radical (unpaired) electrons. The maximum absolute atomic E-state index is 13.2. The van der Waals surface area contributed by atoms with Crippen molar-refractivity contribution in [2.24, 2.45) is 5.73 Å². The lowest BCUT2D eigenvalue weighted by atomic mass is 9.78. The number of nitrogens with two attached hydrogens (primary N) is 1. The van der Waals surface area contributed by atoms with Crippen molar-refractivity contribution in [2.45, 2.75) is 24.9 Å². The number of alkyl halides is 3. The van der Waals surface area contributed by atoms with Gasteiger partial charge in [0.05, 0.1) is 11.0 Å². The summed E-state index contributed by atoms with van der Waals surface area (Å²) in [7, 11) is -5.11. The van der Waals surface area contributed by atoms with Gasteiger partial charge in [0.1, 0.15) is 10.7 Å². The molecule has 2 rings (SSSR count). The molecule has 1 atom stereocenters. The molecule has 120 valence electrons. The number of halogens is 3. The van der Waals surface area contributed by atoms with E-state index in [1.54, 1.807) is 0 Å². The lowest BCUT2D eigenvalue weighted by Gasteiger charge is -2.31. The molecule has 0 saturated carbocycles. The summed E-state index contributed by atoms with van der Waals surface area (Å²) >= 11 is 0. The van der Waals surface area contributed by atoms with E-state index in [1.165, 1.54) is 25.4 Å². The van der Waals surface area contributed by atoms with Gasteiger partial charge in [-0.3, -0.25) is 4.55 Å². The van der Waals surface area contributed by atoms with Crippen LogP contribution in [0.5, 0.6) is 0 Å². The highest BCUT2D eigenvalue weighted by atomic mass is 32.2. The second-order valence-electron chi connectivity index (χ2n) is 5.05. The standard InChI is InChI=1S/C12H12F3N3O3S/c1-11(10-17-3-2-4-18-10)5-7(12(13,14)15)9(8(16)6-11)22(19,20)21/h2-5H,6,16H2,1H3,(H,19,20,21). The topological polar surface area (TPSA) is 106 Å². The van der Waals surface area contributed by atoms with Crippen molar-refractivity contribution < 1.29 is 26.1 Å². The number of allylic oxidation sites excluding steroid dienone is 3. The lowest BCUT2D eigenvalue weighted by Crippen LogP contribution is -2.34. The molecular formula is C12H12F3N3O3S. The first-order valence-corrected chi connectivity index (χ1v) is 7.43. The van der Waals surface area contributed by atoms with E-state index in [0.29, 0.717) is 6.08 Å². The minimum Gasteiger partial charge on any atom is -0.401 e. The maximum atomic E-state index is 13.2.